The van der Waals surface area contributed by atoms with E-state index in [0.29, 0.717) is 0 Å². The molecule has 0 spiro atoms. The van der Waals surface area contributed by atoms with Gasteiger partial charge in [-0.1, -0.05) is 13.8 Å². The topological polar surface area (TPSA) is 23.6 Å². The van der Waals surface area contributed by atoms with Crippen LogP contribution in [0.1, 0.15) is 26.7 Å². The van der Waals surface area contributed by atoms with Gasteiger partial charge in [0, 0.05) is 19.5 Å². The molecule has 0 aromatic heterocycles. The molecule has 0 bridgehead atoms. The number of hydrogen-bond donors (Lipinski definition) is 0. The van der Waals surface area contributed by atoms with E-state index in [1.54, 1.807) is 4.90 Å². The van der Waals surface area contributed by atoms with Crippen LogP contribution in [-0.2, 0) is 4.79 Å². The summed E-state index contributed by atoms with van der Waals surface area (Å²) < 4.78 is 0. The lowest BCUT2D eigenvalue weighted by molar-refractivity contribution is -0.141. The van der Waals surface area contributed by atoms with Crippen LogP contribution in [0.25, 0.3) is 0 Å². The SMILES string of the molecule is CCN1CCC(C)(C(=O)N(C)C)CC1. The highest BCUT2D eigenvalue weighted by Crippen LogP contribution is 2.32. The van der Waals surface area contributed by atoms with Crippen LogP contribution in [0.5, 0.6) is 0 Å². The van der Waals surface area contributed by atoms with E-state index in [4.69, 9.17) is 0 Å². The zero-order valence-corrected chi connectivity index (χ0v) is 9.84. The Bertz CT molecular complexity index is 205. The summed E-state index contributed by atoms with van der Waals surface area (Å²) in [7, 11) is 3.69. The molecule has 0 N–H and O–H groups in total. The monoisotopic (exact) mass is 198 g/mol. The second kappa shape index (κ2) is 4.30. The van der Waals surface area contributed by atoms with E-state index in [-0.39, 0.29) is 11.3 Å². The highest BCUT2D eigenvalue weighted by molar-refractivity contribution is 5.82. The van der Waals surface area contributed by atoms with E-state index in [0.717, 1.165) is 32.5 Å². The van der Waals surface area contributed by atoms with Gasteiger partial charge in [-0.05, 0) is 32.5 Å². The van der Waals surface area contributed by atoms with Crippen molar-refractivity contribution in [3.63, 3.8) is 0 Å². The molecule has 14 heavy (non-hydrogen) atoms. The second-order valence-electron chi connectivity index (χ2n) is 4.69. The van der Waals surface area contributed by atoms with Crippen LogP contribution in [-0.4, -0.2) is 49.4 Å². The Morgan fingerprint density at radius 1 is 1.36 bits per heavy atom. The quantitative estimate of drug-likeness (QED) is 0.665. The zero-order chi connectivity index (χ0) is 10.8. The third-order valence-electron chi connectivity index (χ3n) is 3.33. The van der Waals surface area contributed by atoms with Crippen LogP contribution in [0.15, 0.2) is 0 Å². The number of amides is 1. The number of nitrogens with zero attached hydrogens (tertiary/aromatic N) is 2. The third kappa shape index (κ3) is 2.27. The molecule has 1 fully saturated rings. The van der Waals surface area contributed by atoms with Crippen molar-refractivity contribution in [2.24, 2.45) is 5.41 Å². The lowest BCUT2D eigenvalue weighted by Crippen LogP contribution is -2.46. The number of likely N-dealkylation sites (tertiary alicyclic amines) is 1. The van der Waals surface area contributed by atoms with Crippen molar-refractivity contribution < 1.29 is 4.79 Å². The summed E-state index contributed by atoms with van der Waals surface area (Å²) in [5, 5.41) is 0. The average molecular weight is 198 g/mol. The molecular weight excluding hydrogens is 176 g/mol. The Balaban J connectivity index is 2.57. The van der Waals surface area contributed by atoms with Crippen LogP contribution in [0.2, 0.25) is 0 Å². The van der Waals surface area contributed by atoms with E-state index in [9.17, 15) is 4.79 Å². The van der Waals surface area contributed by atoms with Crippen molar-refractivity contribution in [1.29, 1.82) is 0 Å². The van der Waals surface area contributed by atoms with E-state index >= 15 is 0 Å². The van der Waals surface area contributed by atoms with Gasteiger partial charge in [-0.3, -0.25) is 4.79 Å². The van der Waals surface area contributed by atoms with Gasteiger partial charge in [-0.15, -0.1) is 0 Å². The maximum Gasteiger partial charge on any atom is 0.228 e. The number of carbonyl (C=O) groups is 1. The number of carbonyl (C=O) groups excluding carboxylic acids is 1. The predicted octanol–water partition coefficient (Wildman–Crippen LogP) is 1.20. The molecule has 1 aliphatic rings. The molecule has 82 valence electrons. The highest BCUT2D eigenvalue weighted by atomic mass is 16.2. The van der Waals surface area contributed by atoms with Gasteiger partial charge >= 0.3 is 0 Å². The Hall–Kier alpha value is -0.570. The summed E-state index contributed by atoms with van der Waals surface area (Å²) in [5.74, 6) is 0.285. The van der Waals surface area contributed by atoms with Gasteiger partial charge in [0.05, 0.1) is 0 Å². The van der Waals surface area contributed by atoms with Gasteiger partial charge < -0.3 is 9.80 Å². The number of piperidine rings is 1. The van der Waals surface area contributed by atoms with Gasteiger partial charge in [0.1, 0.15) is 0 Å². The second-order valence-corrected chi connectivity index (χ2v) is 4.69. The number of hydrogen-bond acceptors (Lipinski definition) is 2. The maximum absolute atomic E-state index is 11.9. The highest BCUT2D eigenvalue weighted by Gasteiger charge is 2.37. The van der Waals surface area contributed by atoms with Crippen molar-refractivity contribution in [3.8, 4) is 0 Å². The summed E-state index contributed by atoms with van der Waals surface area (Å²) in [6.07, 6.45) is 2.00. The smallest absolute Gasteiger partial charge is 0.228 e. The lowest BCUT2D eigenvalue weighted by Gasteiger charge is -2.39. The van der Waals surface area contributed by atoms with E-state index in [1.165, 1.54) is 0 Å². The molecule has 1 aliphatic heterocycles. The minimum absolute atomic E-state index is 0.116. The third-order valence-corrected chi connectivity index (χ3v) is 3.33. The molecule has 1 saturated heterocycles. The molecule has 0 aromatic carbocycles. The Kier molecular flexibility index (Phi) is 3.53. The molecule has 1 amide bonds. The van der Waals surface area contributed by atoms with Crippen molar-refractivity contribution in [3.05, 3.63) is 0 Å². The van der Waals surface area contributed by atoms with Crippen molar-refractivity contribution in [1.82, 2.24) is 9.80 Å². The Labute approximate surface area is 87.1 Å². The molecule has 1 heterocycles. The van der Waals surface area contributed by atoms with Gasteiger partial charge in [-0.2, -0.15) is 0 Å². The predicted molar refractivity (Wildman–Crippen MR) is 58.1 cm³/mol. The van der Waals surface area contributed by atoms with Gasteiger partial charge in [0.25, 0.3) is 0 Å². The molecule has 0 saturated carbocycles. The zero-order valence-electron chi connectivity index (χ0n) is 9.84. The first kappa shape index (κ1) is 11.5. The van der Waals surface area contributed by atoms with E-state index < -0.39 is 0 Å². The Morgan fingerprint density at radius 3 is 2.21 bits per heavy atom. The van der Waals surface area contributed by atoms with E-state index in [1.807, 2.05) is 14.1 Å². The van der Waals surface area contributed by atoms with E-state index in [2.05, 4.69) is 18.7 Å². The van der Waals surface area contributed by atoms with Crippen LogP contribution in [0.4, 0.5) is 0 Å². The maximum atomic E-state index is 11.9. The van der Waals surface area contributed by atoms with Crippen molar-refractivity contribution in [2.75, 3.05) is 33.7 Å². The molecular formula is C11H22N2O. The van der Waals surface area contributed by atoms with Gasteiger partial charge in [0.2, 0.25) is 5.91 Å². The fourth-order valence-corrected chi connectivity index (χ4v) is 2.12. The first-order chi connectivity index (χ1) is 6.49. The molecule has 1 rings (SSSR count). The van der Waals surface area contributed by atoms with Gasteiger partial charge in [0.15, 0.2) is 0 Å². The first-order valence-electron chi connectivity index (χ1n) is 5.44. The summed E-state index contributed by atoms with van der Waals surface area (Å²) in [5.41, 5.74) is -0.116. The summed E-state index contributed by atoms with van der Waals surface area (Å²) in [6.45, 7) is 7.50. The van der Waals surface area contributed by atoms with Gasteiger partial charge in [-0.25, -0.2) is 0 Å². The molecule has 0 atom stereocenters. The lowest BCUT2D eigenvalue weighted by atomic mass is 9.79. The van der Waals surface area contributed by atoms with Crippen molar-refractivity contribution in [2.45, 2.75) is 26.7 Å². The fourth-order valence-electron chi connectivity index (χ4n) is 2.12. The number of rotatable bonds is 2. The molecule has 3 nitrogen and oxygen atoms in total. The van der Waals surface area contributed by atoms with Crippen LogP contribution < -0.4 is 0 Å². The summed E-state index contributed by atoms with van der Waals surface area (Å²) in [6, 6.07) is 0. The minimum atomic E-state index is -0.116. The fraction of sp³-hybridized carbons (Fsp3) is 0.909. The standard InChI is InChI=1S/C11H22N2O/c1-5-13-8-6-11(2,7-9-13)10(14)12(3)4/h5-9H2,1-4H3. The largest absolute Gasteiger partial charge is 0.348 e. The van der Waals surface area contributed by atoms with Crippen LogP contribution >= 0.6 is 0 Å². The molecule has 0 aliphatic carbocycles. The minimum Gasteiger partial charge on any atom is -0.348 e. The molecule has 0 radical (unpaired) electrons. The molecule has 0 unspecified atom stereocenters. The van der Waals surface area contributed by atoms with Crippen LogP contribution in [0.3, 0.4) is 0 Å². The summed E-state index contributed by atoms with van der Waals surface area (Å²) in [4.78, 5) is 16.1. The Morgan fingerprint density at radius 2 is 1.86 bits per heavy atom. The first-order valence-corrected chi connectivity index (χ1v) is 5.44. The summed E-state index contributed by atoms with van der Waals surface area (Å²) >= 11 is 0. The van der Waals surface area contributed by atoms with Crippen molar-refractivity contribution >= 4 is 5.91 Å². The normalized spacial score (nSPS) is 22.0. The molecule has 3 heteroatoms. The average Bonchev–Trinajstić information content (AvgIpc) is 2.18. The van der Waals surface area contributed by atoms with Crippen LogP contribution in [0, 0.1) is 5.41 Å². The molecule has 0 aromatic rings.